The molecule has 0 atom stereocenters. The Morgan fingerprint density at radius 1 is 1.04 bits per heavy atom. The first-order chi connectivity index (χ1) is 11.9. The summed E-state index contributed by atoms with van der Waals surface area (Å²) in [6.07, 6.45) is 1.87. The van der Waals surface area contributed by atoms with E-state index in [2.05, 4.69) is 10.5 Å². The molecule has 0 aliphatic carbocycles. The monoisotopic (exact) mass is 340 g/mol. The minimum atomic E-state index is -0.231. The topological polar surface area (TPSA) is 59.9 Å². The number of methoxy groups -OCH3 is 1. The number of nitrogens with zero attached hydrogens (tertiary/aromatic N) is 1. The van der Waals surface area contributed by atoms with Crippen molar-refractivity contribution >= 4 is 12.1 Å². The lowest BCUT2D eigenvalue weighted by atomic mass is 10.1. The molecule has 1 N–H and O–H groups in total. The largest absolute Gasteiger partial charge is 0.497 e. The molecular weight excluding hydrogens is 316 g/mol. The normalized spacial score (nSPS) is 11.4. The maximum absolute atomic E-state index is 11.9. The van der Waals surface area contributed by atoms with Gasteiger partial charge in [-0.1, -0.05) is 12.1 Å². The van der Waals surface area contributed by atoms with Gasteiger partial charge in [0.05, 0.1) is 19.7 Å². The first-order valence-corrected chi connectivity index (χ1v) is 8.10. The molecule has 5 nitrogen and oxygen atoms in total. The minimum absolute atomic E-state index is 0.172. The van der Waals surface area contributed by atoms with E-state index in [1.54, 1.807) is 13.3 Å². The number of rotatable bonds is 6. The quantitative estimate of drug-likeness (QED) is 0.646. The molecule has 5 heteroatoms. The molecule has 0 bridgehead atoms. The number of ether oxygens (including phenoxy) is 2. The second kappa shape index (κ2) is 8.33. The van der Waals surface area contributed by atoms with E-state index in [4.69, 9.17) is 9.47 Å². The average Bonchev–Trinajstić information content (AvgIpc) is 2.56. The molecule has 132 valence electrons. The number of benzene rings is 2. The molecular formula is C20H24N2O3. The van der Waals surface area contributed by atoms with Crippen molar-refractivity contribution in [3.05, 3.63) is 59.7 Å². The predicted octanol–water partition coefficient (Wildman–Crippen LogP) is 3.57. The molecule has 0 aliphatic rings. The van der Waals surface area contributed by atoms with Crippen LogP contribution in [0.3, 0.4) is 0 Å². The van der Waals surface area contributed by atoms with Gasteiger partial charge in [-0.05, 0) is 68.3 Å². The van der Waals surface area contributed by atoms with Crippen molar-refractivity contribution in [3.63, 3.8) is 0 Å². The molecule has 2 aromatic rings. The summed E-state index contributed by atoms with van der Waals surface area (Å²) < 4.78 is 10.8. The predicted molar refractivity (Wildman–Crippen MR) is 99.3 cm³/mol. The lowest BCUT2D eigenvalue weighted by Crippen LogP contribution is -2.22. The van der Waals surface area contributed by atoms with E-state index >= 15 is 0 Å². The standard InChI is InChI=1S/C20H24N2O3/c1-20(2,3)25-18-11-7-16(8-12-18)14-21-22-19(23)13-15-5-9-17(24-4)10-6-15/h5-12,14H,13H2,1-4H3,(H,22,23)/b21-14-. The molecule has 0 spiro atoms. The van der Waals surface area contributed by atoms with Gasteiger partial charge in [-0.25, -0.2) is 5.43 Å². The highest BCUT2D eigenvalue weighted by atomic mass is 16.5. The van der Waals surface area contributed by atoms with Gasteiger partial charge in [0.25, 0.3) is 0 Å². The Labute approximate surface area is 148 Å². The van der Waals surface area contributed by atoms with Gasteiger partial charge in [-0.15, -0.1) is 0 Å². The summed E-state index contributed by atoms with van der Waals surface area (Å²) in [5.74, 6) is 1.39. The fraction of sp³-hybridized carbons (Fsp3) is 0.300. The Balaban J connectivity index is 1.84. The number of hydrogen-bond donors (Lipinski definition) is 1. The van der Waals surface area contributed by atoms with Gasteiger partial charge in [0.1, 0.15) is 17.1 Å². The summed E-state index contributed by atoms with van der Waals surface area (Å²) in [6, 6.07) is 14.9. The number of carbonyl (C=O) groups is 1. The number of hydrazone groups is 1. The van der Waals surface area contributed by atoms with Gasteiger partial charge < -0.3 is 9.47 Å². The lowest BCUT2D eigenvalue weighted by molar-refractivity contribution is -0.120. The van der Waals surface area contributed by atoms with E-state index in [0.717, 1.165) is 22.6 Å². The van der Waals surface area contributed by atoms with Gasteiger partial charge in [-0.3, -0.25) is 4.79 Å². The molecule has 0 fully saturated rings. The van der Waals surface area contributed by atoms with Crippen molar-refractivity contribution in [2.45, 2.75) is 32.8 Å². The van der Waals surface area contributed by atoms with Crippen LogP contribution in [-0.2, 0) is 11.2 Å². The van der Waals surface area contributed by atoms with Gasteiger partial charge >= 0.3 is 0 Å². The molecule has 25 heavy (non-hydrogen) atoms. The Kier molecular flexibility index (Phi) is 6.17. The lowest BCUT2D eigenvalue weighted by Gasteiger charge is -2.21. The summed E-state index contributed by atoms with van der Waals surface area (Å²) in [5, 5.41) is 3.99. The fourth-order valence-corrected chi connectivity index (χ4v) is 2.12. The first-order valence-electron chi connectivity index (χ1n) is 8.10. The van der Waals surface area contributed by atoms with Crippen LogP contribution < -0.4 is 14.9 Å². The number of hydrogen-bond acceptors (Lipinski definition) is 4. The van der Waals surface area contributed by atoms with Crippen LogP contribution >= 0.6 is 0 Å². The Hall–Kier alpha value is -2.82. The fourth-order valence-electron chi connectivity index (χ4n) is 2.12. The van der Waals surface area contributed by atoms with Gasteiger partial charge in [0.15, 0.2) is 0 Å². The third-order valence-electron chi connectivity index (χ3n) is 3.23. The smallest absolute Gasteiger partial charge is 0.244 e. The van der Waals surface area contributed by atoms with E-state index in [1.807, 2.05) is 69.3 Å². The van der Waals surface area contributed by atoms with E-state index in [-0.39, 0.29) is 17.9 Å². The summed E-state index contributed by atoms with van der Waals surface area (Å²) in [4.78, 5) is 11.9. The SMILES string of the molecule is COc1ccc(CC(=O)N/N=C\c2ccc(OC(C)(C)C)cc2)cc1. The summed E-state index contributed by atoms with van der Waals surface area (Å²) >= 11 is 0. The zero-order valence-corrected chi connectivity index (χ0v) is 15.1. The Morgan fingerprint density at radius 2 is 1.64 bits per heavy atom. The van der Waals surface area contributed by atoms with Gasteiger partial charge in [-0.2, -0.15) is 5.10 Å². The van der Waals surface area contributed by atoms with Crippen molar-refractivity contribution in [3.8, 4) is 11.5 Å². The van der Waals surface area contributed by atoms with Crippen LogP contribution in [-0.4, -0.2) is 24.8 Å². The van der Waals surface area contributed by atoms with Crippen molar-refractivity contribution in [2.24, 2.45) is 5.10 Å². The highest BCUT2D eigenvalue weighted by molar-refractivity contribution is 5.83. The molecule has 2 rings (SSSR count). The Bertz CT molecular complexity index is 714. The van der Waals surface area contributed by atoms with E-state index in [9.17, 15) is 4.79 Å². The van der Waals surface area contributed by atoms with Crippen molar-refractivity contribution in [1.29, 1.82) is 0 Å². The third kappa shape index (κ3) is 6.67. The molecule has 0 saturated heterocycles. The van der Waals surface area contributed by atoms with E-state index < -0.39 is 0 Å². The third-order valence-corrected chi connectivity index (χ3v) is 3.23. The van der Waals surface area contributed by atoms with Crippen LogP contribution in [0.15, 0.2) is 53.6 Å². The van der Waals surface area contributed by atoms with Crippen molar-refractivity contribution < 1.29 is 14.3 Å². The zero-order valence-electron chi connectivity index (χ0n) is 15.1. The minimum Gasteiger partial charge on any atom is -0.497 e. The van der Waals surface area contributed by atoms with Crippen LogP contribution in [0.1, 0.15) is 31.9 Å². The molecule has 0 saturated carbocycles. The summed E-state index contributed by atoms with van der Waals surface area (Å²) in [6.45, 7) is 6.00. The van der Waals surface area contributed by atoms with Crippen LogP contribution in [0.4, 0.5) is 0 Å². The summed E-state index contributed by atoms with van der Waals surface area (Å²) in [7, 11) is 1.61. The zero-order chi connectivity index (χ0) is 18.3. The Morgan fingerprint density at radius 3 is 2.20 bits per heavy atom. The second-order valence-electron chi connectivity index (χ2n) is 6.60. The molecule has 0 heterocycles. The molecule has 0 aromatic heterocycles. The molecule has 2 aromatic carbocycles. The maximum Gasteiger partial charge on any atom is 0.244 e. The molecule has 0 radical (unpaired) electrons. The van der Waals surface area contributed by atoms with Crippen LogP contribution in [0, 0.1) is 0 Å². The molecule has 1 amide bonds. The van der Waals surface area contributed by atoms with E-state index in [0.29, 0.717) is 0 Å². The highest BCUT2D eigenvalue weighted by Gasteiger charge is 2.11. The van der Waals surface area contributed by atoms with Crippen LogP contribution in [0.2, 0.25) is 0 Å². The second-order valence-corrected chi connectivity index (χ2v) is 6.60. The maximum atomic E-state index is 11.9. The van der Waals surface area contributed by atoms with Gasteiger partial charge in [0, 0.05) is 0 Å². The van der Waals surface area contributed by atoms with Crippen molar-refractivity contribution in [1.82, 2.24) is 5.43 Å². The van der Waals surface area contributed by atoms with Crippen molar-refractivity contribution in [2.75, 3.05) is 7.11 Å². The average molecular weight is 340 g/mol. The highest BCUT2D eigenvalue weighted by Crippen LogP contribution is 2.17. The van der Waals surface area contributed by atoms with Crippen LogP contribution in [0.25, 0.3) is 0 Å². The molecule has 0 unspecified atom stereocenters. The van der Waals surface area contributed by atoms with E-state index in [1.165, 1.54) is 0 Å². The molecule has 0 aliphatic heterocycles. The number of nitrogens with one attached hydrogen (secondary N) is 1. The number of amides is 1. The van der Waals surface area contributed by atoms with Crippen LogP contribution in [0.5, 0.6) is 11.5 Å². The summed E-state index contributed by atoms with van der Waals surface area (Å²) in [5.41, 5.74) is 4.08. The number of carbonyl (C=O) groups excluding carboxylic acids is 1. The first kappa shape index (κ1) is 18.5. The van der Waals surface area contributed by atoms with Gasteiger partial charge in [0.2, 0.25) is 5.91 Å².